The summed E-state index contributed by atoms with van der Waals surface area (Å²) in [6, 6.07) is 18.6. The van der Waals surface area contributed by atoms with E-state index < -0.39 is 5.91 Å². The lowest BCUT2D eigenvalue weighted by Crippen LogP contribution is -2.16. The summed E-state index contributed by atoms with van der Waals surface area (Å²) in [5, 5.41) is 3.92. The number of rotatable bonds is 6. The fraction of sp³-hybridized carbons (Fsp3) is 0.0526. The predicted octanol–water partition coefficient (Wildman–Crippen LogP) is 4.39. The van der Waals surface area contributed by atoms with E-state index in [-0.39, 0.29) is 5.76 Å². The minimum atomic E-state index is -0.399. The molecule has 1 heterocycles. The summed E-state index contributed by atoms with van der Waals surface area (Å²) in [7, 11) is 0. The van der Waals surface area contributed by atoms with E-state index in [9.17, 15) is 4.79 Å². The number of carbonyl (C=O) groups is 1. The SMILES string of the molecule is O=C(N/N=C\c1cccc(OCc2ccc(Br)cc2)c1)c1ccco1. The van der Waals surface area contributed by atoms with Crippen molar-refractivity contribution in [3.8, 4) is 5.75 Å². The molecule has 0 aliphatic carbocycles. The van der Waals surface area contributed by atoms with Crippen molar-refractivity contribution in [1.82, 2.24) is 5.43 Å². The standard InChI is InChI=1S/C19H15BrN2O3/c20-16-8-6-14(7-9-16)13-25-17-4-1-3-15(11-17)12-21-22-19(23)18-5-2-10-24-18/h1-12H,13H2,(H,22,23)/b21-12-. The molecule has 0 saturated heterocycles. The molecule has 1 aromatic heterocycles. The van der Waals surface area contributed by atoms with E-state index in [1.807, 2.05) is 48.5 Å². The van der Waals surface area contributed by atoms with Crippen LogP contribution in [0.5, 0.6) is 5.75 Å². The van der Waals surface area contributed by atoms with Gasteiger partial charge >= 0.3 is 5.91 Å². The minimum absolute atomic E-state index is 0.212. The fourth-order valence-electron chi connectivity index (χ4n) is 2.06. The van der Waals surface area contributed by atoms with Crippen molar-refractivity contribution < 1.29 is 13.9 Å². The number of furan rings is 1. The number of halogens is 1. The smallest absolute Gasteiger partial charge is 0.307 e. The van der Waals surface area contributed by atoms with Crippen molar-refractivity contribution in [1.29, 1.82) is 0 Å². The lowest BCUT2D eigenvalue weighted by Gasteiger charge is -2.07. The molecular weight excluding hydrogens is 384 g/mol. The maximum atomic E-state index is 11.7. The van der Waals surface area contributed by atoms with Gasteiger partial charge in [-0.3, -0.25) is 4.79 Å². The summed E-state index contributed by atoms with van der Waals surface area (Å²) in [5.41, 5.74) is 4.30. The van der Waals surface area contributed by atoms with Gasteiger partial charge in [0.2, 0.25) is 0 Å². The molecule has 0 bridgehead atoms. The molecule has 0 spiro atoms. The molecule has 6 heteroatoms. The molecule has 0 unspecified atom stereocenters. The van der Waals surface area contributed by atoms with Gasteiger partial charge < -0.3 is 9.15 Å². The Labute approximate surface area is 153 Å². The maximum absolute atomic E-state index is 11.7. The zero-order valence-corrected chi connectivity index (χ0v) is 14.8. The topological polar surface area (TPSA) is 63.8 Å². The average Bonchev–Trinajstić information content (AvgIpc) is 3.16. The molecule has 5 nitrogen and oxygen atoms in total. The normalized spacial score (nSPS) is 10.8. The summed E-state index contributed by atoms with van der Waals surface area (Å²) in [6.45, 7) is 0.475. The van der Waals surface area contributed by atoms with E-state index in [0.717, 1.165) is 21.3 Å². The van der Waals surface area contributed by atoms with Crippen LogP contribution in [0.1, 0.15) is 21.7 Å². The zero-order chi connectivity index (χ0) is 17.5. The molecule has 0 saturated carbocycles. The Morgan fingerprint density at radius 2 is 2.00 bits per heavy atom. The molecule has 0 aliphatic rings. The zero-order valence-electron chi connectivity index (χ0n) is 13.2. The van der Waals surface area contributed by atoms with Gasteiger partial charge in [0.15, 0.2) is 5.76 Å². The second-order valence-corrected chi connectivity index (χ2v) is 6.08. The van der Waals surface area contributed by atoms with E-state index in [1.54, 1.807) is 18.3 Å². The highest BCUT2D eigenvalue weighted by molar-refractivity contribution is 9.10. The van der Waals surface area contributed by atoms with Gasteiger partial charge in [0.05, 0.1) is 12.5 Å². The van der Waals surface area contributed by atoms with Crippen LogP contribution in [-0.4, -0.2) is 12.1 Å². The number of nitrogens with one attached hydrogen (secondary N) is 1. The van der Waals surface area contributed by atoms with Gasteiger partial charge in [-0.2, -0.15) is 5.10 Å². The van der Waals surface area contributed by atoms with Crippen LogP contribution in [0.2, 0.25) is 0 Å². The number of hydrazone groups is 1. The largest absolute Gasteiger partial charge is 0.489 e. The van der Waals surface area contributed by atoms with Crippen molar-refractivity contribution in [2.75, 3.05) is 0 Å². The van der Waals surface area contributed by atoms with Crippen LogP contribution in [0.15, 0.2) is 80.9 Å². The summed E-state index contributed by atoms with van der Waals surface area (Å²) in [6.07, 6.45) is 2.98. The lowest BCUT2D eigenvalue weighted by molar-refractivity contribution is 0.0927. The van der Waals surface area contributed by atoms with Gasteiger partial charge in [0.25, 0.3) is 0 Å². The average molecular weight is 399 g/mol. The van der Waals surface area contributed by atoms with E-state index in [0.29, 0.717) is 6.61 Å². The Hall–Kier alpha value is -2.86. The summed E-state index contributed by atoms with van der Waals surface area (Å²) < 4.78 is 11.8. The summed E-state index contributed by atoms with van der Waals surface area (Å²) in [5.74, 6) is 0.539. The first-order valence-electron chi connectivity index (χ1n) is 7.55. The Morgan fingerprint density at radius 3 is 2.76 bits per heavy atom. The molecule has 2 aromatic carbocycles. The Kier molecular flexibility index (Phi) is 5.64. The summed E-state index contributed by atoms with van der Waals surface area (Å²) >= 11 is 3.41. The highest BCUT2D eigenvalue weighted by atomic mass is 79.9. The molecule has 1 N–H and O–H groups in total. The highest BCUT2D eigenvalue weighted by Crippen LogP contribution is 2.16. The number of nitrogens with zero attached hydrogens (tertiary/aromatic N) is 1. The number of ether oxygens (including phenoxy) is 1. The number of hydrogen-bond acceptors (Lipinski definition) is 4. The second kappa shape index (κ2) is 8.30. The van der Waals surface area contributed by atoms with Crippen LogP contribution in [0, 0.1) is 0 Å². The van der Waals surface area contributed by atoms with Crippen molar-refractivity contribution in [3.63, 3.8) is 0 Å². The first kappa shape index (κ1) is 17.0. The molecule has 1 amide bonds. The van der Waals surface area contributed by atoms with Crippen molar-refractivity contribution >= 4 is 28.1 Å². The van der Waals surface area contributed by atoms with Crippen LogP contribution >= 0.6 is 15.9 Å². The number of hydrogen-bond donors (Lipinski definition) is 1. The van der Waals surface area contributed by atoms with Gasteiger partial charge in [-0.25, -0.2) is 5.43 Å². The quantitative estimate of drug-likeness (QED) is 0.494. The molecule has 0 atom stereocenters. The van der Waals surface area contributed by atoms with E-state index in [4.69, 9.17) is 9.15 Å². The third kappa shape index (κ3) is 5.06. The van der Waals surface area contributed by atoms with Crippen LogP contribution in [0.3, 0.4) is 0 Å². The van der Waals surface area contributed by atoms with Crippen LogP contribution in [-0.2, 0) is 6.61 Å². The lowest BCUT2D eigenvalue weighted by atomic mass is 10.2. The molecular formula is C19H15BrN2O3. The van der Waals surface area contributed by atoms with E-state index >= 15 is 0 Å². The Balaban J connectivity index is 1.56. The van der Waals surface area contributed by atoms with Crippen LogP contribution < -0.4 is 10.2 Å². The number of benzene rings is 2. The molecule has 25 heavy (non-hydrogen) atoms. The Bertz CT molecular complexity index is 859. The van der Waals surface area contributed by atoms with Crippen LogP contribution in [0.25, 0.3) is 0 Å². The molecule has 0 aliphatic heterocycles. The first-order chi connectivity index (χ1) is 12.2. The monoisotopic (exact) mass is 398 g/mol. The summed E-state index contributed by atoms with van der Waals surface area (Å²) in [4.78, 5) is 11.7. The number of carbonyl (C=O) groups excluding carboxylic acids is 1. The molecule has 0 radical (unpaired) electrons. The third-order valence-corrected chi connectivity index (χ3v) is 3.83. The fourth-order valence-corrected chi connectivity index (χ4v) is 2.32. The predicted molar refractivity (Wildman–Crippen MR) is 98.7 cm³/mol. The molecule has 0 fully saturated rings. The maximum Gasteiger partial charge on any atom is 0.307 e. The minimum Gasteiger partial charge on any atom is -0.489 e. The van der Waals surface area contributed by atoms with Gasteiger partial charge in [0, 0.05) is 4.47 Å². The molecule has 3 aromatic rings. The van der Waals surface area contributed by atoms with E-state index in [1.165, 1.54) is 6.26 Å². The first-order valence-corrected chi connectivity index (χ1v) is 8.34. The number of amides is 1. The third-order valence-electron chi connectivity index (χ3n) is 3.30. The molecule has 126 valence electrons. The van der Waals surface area contributed by atoms with Crippen molar-refractivity contribution in [2.24, 2.45) is 5.10 Å². The van der Waals surface area contributed by atoms with Gasteiger partial charge in [-0.1, -0.05) is 40.2 Å². The van der Waals surface area contributed by atoms with Gasteiger partial charge in [-0.05, 0) is 47.5 Å². The van der Waals surface area contributed by atoms with E-state index in [2.05, 4.69) is 26.5 Å². The highest BCUT2D eigenvalue weighted by Gasteiger charge is 2.05. The van der Waals surface area contributed by atoms with Gasteiger partial charge in [-0.15, -0.1) is 0 Å². The molecule has 3 rings (SSSR count). The van der Waals surface area contributed by atoms with Gasteiger partial charge in [0.1, 0.15) is 12.4 Å². The van der Waals surface area contributed by atoms with Crippen LogP contribution in [0.4, 0.5) is 0 Å². The van der Waals surface area contributed by atoms with Crippen molar-refractivity contribution in [2.45, 2.75) is 6.61 Å². The Morgan fingerprint density at radius 1 is 1.16 bits per heavy atom. The van der Waals surface area contributed by atoms with Crippen molar-refractivity contribution in [3.05, 3.63) is 88.3 Å². The second-order valence-electron chi connectivity index (χ2n) is 5.16.